The van der Waals surface area contributed by atoms with Crippen molar-refractivity contribution >= 4 is 27.9 Å². The molecule has 9 nitrogen and oxygen atoms in total. The number of aromatic amines is 1. The number of benzene rings is 3. The van der Waals surface area contributed by atoms with Crippen LogP contribution in [0.15, 0.2) is 77.3 Å². The fraction of sp³-hybridized carbons (Fsp3) is 0.258. The van der Waals surface area contributed by atoms with Gasteiger partial charge in [-0.25, -0.2) is 14.2 Å². The molecule has 1 aliphatic heterocycles. The summed E-state index contributed by atoms with van der Waals surface area (Å²) in [7, 11) is 0. The molecule has 1 aromatic heterocycles. The first-order valence-electron chi connectivity index (χ1n) is 13.4. The lowest BCUT2D eigenvalue weighted by atomic mass is 9.91. The van der Waals surface area contributed by atoms with E-state index in [9.17, 15) is 24.2 Å². The van der Waals surface area contributed by atoms with Crippen molar-refractivity contribution in [3.63, 3.8) is 0 Å². The second kappa shape index (κ2) is 12.4. The van der Waals surface area contributed by atoms with E-state index in [0.717, 1.165) is 5.56 Å². The summed E-state index contributed by atoms with van der Waals surface area (Å²) in [4.78, 5) is 36.5. The zero-order chi connectivity index (χ0) is 30.0. The summed E-state index contributed by atoms with van der Waals surface area (Å²) in [5, 5.41) is 21.3. The number of hydrogen-bond donors (Lipinski definition) is 4. The topological polar surface area (TPSA) is 128 Å². The number of carbonyl (C=O) groups is 2. The van der Waals surface area contributed by atoms with Crippen molar-refractivity contribution in [3.05, 3.63) is 106 Å². The predicted octanol–water partition coefficient (Wildman–Crippen LogP) is 5.16. The first kappa shape index (κ1) is 29.4. The van der Waals surface area contributed by atoms with Crippen LogP contribution < -0.4 is 10.1 Å². The standard InChI is InChI=1S/C31H30BrFN4O5/c1-17(19-6-4-3-5-7-19)28(29-34-18(2)26(35-29)24-13-10-21(32)14-25(24)33)37-30(40)27(36-31(37)41)20-8-11-22(12-9-20)42-23(15-38)16-39/h3-14,17,23,27-28,38-39H,15-16H2,1-2H3,(H,34,35)(H,36,41)/t17-,27?,28-/m0/s1. The smallest absolute Gasteiger partial charge is 0.325 e. The highest BCUT2D eigenvalue weighted by atomic mass is 79.9. The fourth-order valence-electron chi connectivity index (χ4n) is 5.14. The maximum absolute atomic E-state index is 14.9. The summed E-state index contributed by atoms with van der Waals surface area (Å²) in [5.74, 6) is -0.527. The Bertz CT molecular complexity index is 1580. The van der Waals surface area contributed by atoms with E-state index in [1.54, 1.807) is 43.3 Å². The molecule has 218 valence electrons. The van der Waals surface area contributed by atoms with E-state index in [0.29, 0.717) is 38.6 Å². The maximum Gasteiger partial charge on any atom is 0.325 e. The first-order valence-corrected chi connectivity index (χ1v) is 14.2. The van der Waals surface area contributed by atoms with Gasteiger partial charge in [0.1, 0.15) is 35.6 Å². The molecule has 11 heteroatoms. The molecule has 3 aromatic carbocycles. The normalized spacial score (nSPS) is 16.5. The third-order valence-corrected chi connectivity index (χ3v) is 7.83. The summed E-state index contributed by atoms with van der Waals surface area (Å²) < 4.78 is 21.0. The SMILES string of the molecule is Cc1[nH]c([C@H]([C@@H](C)c2ccccc2)N2C(=O)NC(c3ccc(OC(CO)CO)cc3)C2=O)nc1-c1ccc(Br)cc1F. The molecular formula is C31H30BrFN4O5. The number of urea groups is 1. The molecule has 5 rings (SSSR count). The number of amides is 3. The van der Waals surface area contributed by atoms with Crippen molar-refractivity contribution in [3.8, 4) is 17.0 Å². The summed E-state index contributed by atoms with van der Waals surface area (Å²) in [6.45, 7) is 2.98. The fourth-order valence-corrected chi connectivity index (χ4v) is 5.47. The molecule has 1 fully saturated rings. The van der Waals surface area contributed by atoms with Gasteiger partial charge < -0.3 is 25.3 Å². The molecule has 3 atom stereocenters. The number of aryl methyl sites for hydroxylation is 1. The van der Waals surface area contributed by atoms with Crippen LogP contribution >= 0.6 is 15.9 Å². The van der Waals surface area contributed by atoms with E-state index >= 15 is 0 Å². The Balaban J connectivity index is 1.51. The van der Waals surface area contributed by atoms with E-state index in [1.165, 1.54) is 11.0 Å². The number of hydrogen-bond acceptors (Lipinski definition) is 6. The van der Waals surface area contributed by atoms with Crippen molar-refractivity contribution in [1.29, 1.82) is 0 Å². The van der Waals surface area contributed by atoms with Gasteiger partial charge >= 0.3 is 6.03 Å². The molecule has 0 aliphatic carbocycles. The van der Waals surface area contributed by atoms with E-state index in [4.69, 9.17) is 9.72 Å². The molecule has 1 saturated heterocycles. The molecule has 4 N–H and O–H groups in total. The molecule has 0 saturated carbocycles. The predicted molar refractivity (Wildman–Crippen MR) is 157 cm³/mol. The largest absolute Gasteiger partial charge is 0.486 e. The van der Waals surface area contributed by atoms with Crippen LogP contribution in [0.25, 0.3) is 11.3 Å². The third kappa shape index (κ3) is 5.80. The van der Waals surface area contributed by atoms with Gasteiger partial charge in [0.25, 0.3) is 5.91 Å². The number of ether oxygens (including phenoxy) is 1. The minimum atomic E-state index is -0.956. The zero-order valence-electron chi connectivity index (χ0n) is 22.9. The average molecular weight is 638 g/mol. The number of rotatable bonds is 10. The van der Waals surface area contributed by atoms with E-state index < -0.39 is 35.9 Å². The van der Waals surface area contributed by atoms with Crippen LogP contribution in [0.4, 0.5) is 9.18 Å². The number of H-pyrrole nitrogens is 1. The average Bonchev–Trinajstić information content (AvgIpc) is 3.51. The molecule has 1 aliphatic rings. The van der Waals surface area contributed by atoms with Crippen molar-refractivity contribution < 1.29 is 28.9 Å². The molecule has 1 unspecified atom stereocenters. The summed E-state index contributed by atoms with van der Waals surface area (Å²) in [6, 6.07) is 18.4. The number of nitrogens with one attached hydrogen (secondary N) is 2. The lowest BCUT2D eigenvalue weighted by Gasteiger charge is -2.29. The lowest BCUT2D eigenvalue weighted by molar-refractivity contribution is -0.129. The summed E-state index contributed by atoms with van der Waals surface area (Å²) in [6.07, 6.45) is -0.771. The highest BCUT2D eigenvalue weighted by molar-refractivity contribution is 9.10. The maximum atomic E-state index is 14.9. The van der Waals surface area contributed by atoms with Crippen LogP contribution in [0, 0.1) is 12.7 Å². The van der Waals surface area contributed by atoms with Gasteiger partial charge in [0.2, 0.25) is 0 Å². The molecule has 2 heterocycles. The number of aliphatic hydroxyl groups is 2. The number of imidazole rings is 1. The van der Waals surface area contributed by atoms with Crippen molar-refractivity contribution in [1.82, 2.24) is 20.2 Å². The molecule has 0 spiro atoms. The third-order valence-electron chi connectivity index (χ3n) is 7.34. The van der Waals surface area contributed by atoms with Crippen molar-refractivity contribution in [2.75, 3.05) is 13.2 Å². The van der Waals surface area contributed by atoms with Crippen LogP contribution in [0.5, 0.6) is 5.75 Å². The second-order valence-electron chi connectivity index (χ2n) is 10.1. The van der Waals surface area contributed by atoms with Gasteiger partial charge in [-0.3, -0.25) is 9.69 Å². The highest BCUT2D eigenvalue weighted by Gasteiger charge is 2.46. The molecule has 42 heavy (non-hydrogen) atoms. The van der Waals surface area contributed by atoms with Gasteiger partial charge in [-0.2, -0.15) is 0 Å². The summed E-state index contributed by atoms with van der Waals surface area (Å²) in [5.41, 5.74) is 2.71. The lowest BCUT2D eigenvalue weighted by Crippen LogP contribution is -2.38. The van der Waals surface area contributed by atoms with Gasteiger partial charge in [0.05, 0.1) is 18.9 Å². The van der Waals surface area contributed by atoms with Gasteiger partial charge in [-0.15, -0.1) is 0 Å². The molecule has 4 aromatic rings. The highest BCUT2D eigenvalue weighted by Crippen LogP contribution is 2.40. The van der Waals surface area contributed by atoms with E-state index in [1.807, 2.05) is 37.3 Å². The van der Waals surface area contributed by atoms with Crippen LogP contribution in [-0.2, 0) is 4.79 Å². The number of carbonyl (C=O) groups excluding carboxylic acids is 2. The Kier molecular flexibility index (Phi) is 8.72. The Morgan fingerprint density at radius 1 is 1.05 bits per heavy atom. The number of aliphatic hydroxyl groups excluding tert-OH is 2. The van der Waals surface area contributed by atoms with Crippen LogP contribution in [0.1, 0.15) is 47.6 Å². The van der Waals surface area contributed by atoms with E-state index in [-0.39, 0.29) is 19.1 Å². The van der Waals surface area contributed by atoms with Crippen molar-refractivity contribution in [2.45, 2.75) is 38.0 Å². The Labute approximate surface area is 250 Å². The quantitative estimate of drug-likeness (QED) is 0.178. The van der Waals surface area contributed by atoms with Gasteiger partial charge in [-0.05, 0) is 48.4 Å². The minimum absolute atomic E-state index is 0.298. The molecular weight excluding hydrogens is 607 g/mol. The van der Waals surface area contributed by atoms with Crippen molar-refractivity contribution in [2.24, 2.45) is 0 Å². The monoisotopic (exact) mass is 636 g/mol. The van der Waals surface area contributed by atoms with E-state index in [2.05, 4.69) is 26.2 Å². The molecule has 0 bridgehead atoms. The van der Waals surface area contributed by atoms with Crippen LogP contribution in [0.3, 0.4) is 0 Å². The zero-order valence-corrected chi connectivity index (χ0v) is 24.5. The Hall–Kier alpha value is -4.06. The molecule has 0 radical (unpaired) electrons. The number of imide groups is 1. The van der Waals surface area contributed by atoms with Gasteiger partial charge in [-0.1, -0.05) is 65.3 Å². The van der Waals surface area contributed by atoms with Crippen LogP contribution in [0.2, 0.25) is 0 Å². The molecule has 3 amide bonds. The number of nitrogens with zero attached hydrogens (tertiary/aromatic N) is 2. The van der Waals surface area contributed by atoms with Gasteiger partial charge in [0.15, 0.2) is 0 Å². The minimum Gasteiger partial charge on any atom is -0.486 e. The van der Waals surface area contributed by atoms with Crippen LogP contribution in [-0.4, -0.2) is 56.3 Å². The number of aromatic nitrogens is 2. The Morgan fingerprint density at radius 2 is 1.74 bits per heavy atom. The summed E-state index contributed by atoms with van der Waals surface area (Å²) >= 11 is 3.28. The first-order chi connectivity index (χ1) is 20.2. The second-order valence-corrected chi connectivity index (χ2v) is 11.0. The Morgan fingerprint density at radius 3 is 2.38 bits per heavy atom. The number of halogens is 2. The van der Waals surface area contributed by atoms with Gasteiger partial charge in [0, 0.05) is 21.6 Å².